The van der Waals surface area contributed by atoms with Gasteiger partial charge in [-0.05, 0) is 37.0 Å². The molecule has 1 aliphatic carbocycles. The number of amides is 1. The highest BCUT2D eigenvalue weighted by molar-refractivity contribution is 14.0. The molecule has 3 N–H and O–H groups in total. The molecule has 6 nitrogen and oxygen atoms in total. The summed E-state index contributed by atoms with van der Waals surface area (Å²) in [4.78, 5) is 15.6. The minimum Gasteiger partial charge on any atom is -0.484 e. The van der Waals surface area contributed by atoms with Crippen LogP contribution in [0.5, 0.6) is 5.75 Å². The van der Waals surface area contributed by atoms with Crippen LogP contribution in [0.4, 0.5) is 0 Å². The lowest BCUT2D eigenvalue weighted by Crippen LogP contribution is -2.38. The average Bonchev–Trinajstić information content (AvgIpc) is 3.25. The summed E-state index contributed by atoms with van der Waals surface area (Å²) in [6.07, 6.45) is 1.20. The summed E-state index contributed by atoms with van der Waals surface area (Å²) >= 11 is 0. The highest BCUT2D eigenvalue weighted by Gasteiger charge is 2.33. The average molecular weight is 446 g/mol. The highest BCUT2D eigenvalue weighted by atomic mass is 127. The van der Waals surface area contributed by atoms with Gasteiger partial charge in [0.05, 0.1) is 0 Å². The Balaban J connectivity index is 0.00000288. The largest absolute Gasteiger partial charge is 0.484 e. The fraction of sp³-hybridized carbons (Fsp3) is 0.529. The van der Waals surface area contributed by atoms with Crippen molar-refractivity contribution in [3.05, 3.63) is 29.8 Å². The Morgan fingerprint density at radius 2 is 2.12 bits per heavy atom. The van der Waals surface area contributed by atoms with E-state index in [9.17, 15) is 4.79 Å². The Labute approximate surface area is 160 Å². The van der Waals surface area contributed by atoms with Gasteiger partial charge in [0, 0.05) is 26.2 Å². The van der Waals surface area contributed by atoms with Gasteiger partial charge in [-0.25, -0.2) is 0 Å². The third kappa shape index (κ3) is 6.94. The number of halogens is 1. The van der Waals surface area contributed by atoms with Gasteiger partial charge in [-0.1, -0.05) is 19.1 Å². The number of hydrogen-bond donors (Lipinski definition) is 3. The second kappa shape index (κ2) is 10.4. The van der Waals surface area contributed by atoms with E-state index >= 15 is 0 Å². The van der Waals surface area contributed by atoms with Crippen LogP contribution in [0.25, 0.3) is 0 Å². The monoisotopic (exact) mass is 446 g/mol. The molecule has 0 heterocycles. The van der Waals surface area contributed by atoms with Crippen LogP contribution in [0, 0.1) is 5.92 Å². The number of ether oxygens (including phenoxy) is 1. The SMILES string of the molecule is CCNC(=O)COc1cccc(CNC(=NC)NC2CC2C)c1.I. The fourth-order valence-electron chi connectivity index (χ4n) is 2.22. The normalized spacial score (nSPS) is 19.0. The quantitative estimate of drug-likeness (QED) is 0.340. The number of aliphatic imine (C=N–C) groups is 1. The summed E-state index contributed by atoms with van der Waals surface area (Å²) < 4.78 is 5.50. The molecule has 134 valence electrons. The predicted octanol–water partition coefficient (Wildman–Crippen LogP) is 1.89. The minimum atomic E-state index is -0.112. The van der Waals surface area contributed by atoms with Crippen LogP contribution in [0.15, 0.2) is 29.3 Å². The van der Waals surface area contributed by atoms with Gasteiger partial charge in [-0.2, -0.15) is 0 Å². The second-order valence-electron chi connectivity index (χ2n) is 5.78. The Hall–Kier alpha value is -1.51. The number of hydrogen-bond acceptors (Lipinski definition) is 3. The van der Waals surface area contributed by atoms with Crippen LogP contribution in [0.3, 0.4) is 0 Å². The van der Waals surface area contributed by atoms with E-state index in [-0.39, 0.29) is 36.5 Å². The second-order valence-corrected chi connectivity index (χ2v) is 5.78. The van der Waals surface area contributed by atoms with Crippen LogP contribution in [0.2, 0.25) is 0 Å². The summed E-state index contributed by atoms with van der Waals surface area (Å²) in [7, 11) is 1.77. The van der Waals surface area contributed by atoms with Crippen molar-refractivity contribution in [2.45, 2.75) is 32.9 Å². The zero-order valence-electron chi connectivity index (χ0n) is 14.5. The summed E-state index contributed by atoms with van der Waals surface area (Å²) in [5.41, 5.74) is 1.07. The Morgan fingerprint density at radius 3 is 2.75 bits per heavy atom. The number of nitrogens with one attached hydrogen (secondary N) is 3. The van der Waals surface area contributed by atoms with Crippen LogP contribution in [0.1, 0.15) is 25.8 Å². The van der Waals surface area contributed by atoms with Gasteiger partial charge in [-0.3, -0.25) is 9.79 Å². The number of nitrogens with zero attached hydrogens (tertiary/aromatic N) is 1. The Bertz CT molecular complexity index is 565. The van der Waals surface area contributed by atoms with Crippen molar-refractivity contribution in [2.24, 2.45) is 10.9 Å². The molecule has 2 rings (SSSR count). The lowest BCUT2D eigenvalue weighted by Gasteiger charge is -2.12. The first-order valence-electron chi connectivity index (χ1n) is 8.08. The van der Waals surface area contributed by atoms with Crippen molar-refractivity contribution in [2.75, 3.05) is 20.2 Å². The van der Waals surface area contributed by atoms with Crippen molar-refractivity contribution < 1.29 is 9.53 Å². The molecule has 0 radical (unpaired) electrons. The minimum absolute atomic E-state index is 0. The molecular weight excluding hydrogens is 419 g/mol. The molecule has 1 aromatic carbocycles. The standard InChI is InChI=1S/C17H26N4O2.HI/c1-4-19-16(22)11-23-14-7-5-6-13(9-14)10-20-17(18-3)21-15-8-12(15)2;/h5-7,9,12,15H,4,8,10-11H2,1-3H3,(H,19,22)(H2,18,20,21);1H. The van der Waals surface area contributed by atoms with Gasteiger partial charge in [0.15, 0.2) is 12.6 Å². The first kappa shape index (κ1) is 20.5. The third-order valence-corrected chi connectivity index (χ3v) is 3.76. The molecule has 1 fully saturated rings. The molecule has 7 heteroatoms. The van der Waals surface area contributed by atoms with E-state index in [1.807, 2.05) is 31.2 Å². The molecule has 2 unspecified atom stereocenters. The number of benzene rings is 1. The van der Waals surface area contributed by atoms with Crippen LogP contribution < -0.4 is 20.7 Å². The summed E-state index contributed by atoms with van der Waals surface area (Å²) in [5, 5.41) is 9.38. The maximum absolute atomic E-state index is 11.4. The summed E-state index contributed by atoms with van der Waals surface area (Å²) in [6, 6.07) is 8.25. The maximum Gasteiger partial charge on any atom is 0.257 e. The number of carbonyl (C=O) groups excluding carboxylic acids is 1. The Morgan fingerprint density at radius 1 is 1.38 bits per heavy atom. The number of guanidine groups is 1. The topological polar surface area (TPSA) is 74.8 Å². The van der Waals surface area contributed by atoms with Crippen LogP contribution in [-0.4, -0.2) is 38.1 Å². The van der Waals surface area contributed by atoms with Crippen molar-refractivity contribution in [1.82, 2.24) is 16.0 Å². The zero-order chi connectivity index (χ0) is 16.7. The summed E-state index contributed by atoms with van der Waals surface area (Å²) in [5.74, 6) is 2.11. The highest BCUT2D eigenvalue weighted by Crippen LogP contribution is 2.28. The molecule has 0 aromatic heterocycles. The van der Waals surface area contributed by atoms with Crippen LogP contribution in [-0.2, 0) is 11.3 Å². The first-order valence-corrected chi connectivity index (χ1v) is 8.08. The number of carbonyl (C=O) groups is 1. The summed E-state index contributed by atoms with van der Waals surface area (Å²) in [6.45, 7) is 5.40. The van der Waals surface area contributed by atoms with Gasteiger partial charge >= 0.3 is 0 Å². The van der Waals surface area contributed by atoms with Gasteiger partial charge in [0.1, 0.15) is 5.75 Å². The Kier molecular flexibility index (Phi) is 8.88. The lowest BCUT2D eigenvalue weighted by molar-refractivity contribution is -0.122. The van der Waals surface area contributed by atoms with Gasteiger partial charge < -0.3 is 20.7 Å². The van der Waals surface area contributed by atoms with Gasteiger partial charge in [0.25, 0.3) is 5.91 Å². The molecule has 1 amide bonds. The molecular formula is C17H27IN4O2. The number of rotatable bonds is 7. The van der Waals surface area contributed by atoms with Crippen molar-refractivity contribution in [3.63, 3.8) is 0 Å². The van der Waals surface area contributed by atoms with Crippen LogP contribution >= 0.6 is 24.0 Å². The fourth-order valence-corrected chi connectivity index (χ4v) is 2.22. The molecule has 0 bridgehead atoms. The van der Waals surface area contributed by atoms with Crippen molar-refractivity contribution in [1.29, 1.82) is 0 Å². The smallest absolute Gasteiger partial charge is 0.257 e. The molecule has 1 saturated carbocycles. The first-order chi connectivity index (χ1) is 11.1. The van der Waals surface area contributed by atoms with Gasteiger partial charge in [-0.15, -0.1) is 24.0 Å². The van der Waals surface area contributed by atoms with E-state index in [2.05, 4.69) is 27.9 Å². The van der Waals surface area contributed by atoms with E-state index in [4.69, 9.17) is 4.74 Å². The van der Waals surface area contributed by atoms with Crippen molar-refractivity contribution in [3.8, 4) is 5.75 Å². The van der Waals surface area contributed by atoms with Crippen molar-refractivity contribution >= 4 is 35.8 Å². The zero-order valence-corrected chi connectivity index (χ0v) is 16.8. The molecule has 1 aliphatic rings. The molecule has 24 heavy (non-hydrogen) atoms. The third-order valence-electron chi connectivity index (χ3n) is 3.76. The molecule has 1 aromatic rings. The molecule has 0 spiro atoms. The van der Waals surface area contributed by atoms with E-state index in [1.165, 1.54) is 6.42 Å². The van der Waals surface area contributed by atoms with E-state index < -0.39 is 0 Å². The van der Waals surface area contributed by atoms with E-state index in [1.54, 1.807) is 7.05 Å². The number of likely N-dealkylation sites (N-methyl/N-ethyl adjacent to an activating group) is 1. The molecule has 2 atom stereocenters. The van der Waals surface area contributed by atoms with E-state index in [0.29, 0.717) is 24.9 Å². The molecule has 0 saturated heterocycles. The molecule has 0 aliphatic heterocycles. The maximum atomic E-state index is 11.4. The van der Waals surface area contributed by atoms with E-state index in [0.717, 1.165) is 17.4 Å². The lowest BCUT2D eigenvalue weighted by atomic mass is 10.2. The predicted molar refractivity (Wildman–Crippen MR) is 107 cm³/mol. The van der Waals surface area contributed by atoms with Gasteiger partial charge in [0.2, 0.25) is 0 Å².